The Hall–Kier alpha value is -3.67. The molecule has 0 bridgehead atoms. The second-order valence-corrected chi connectivity index (χ2v) is 17.2. The minimum atomic E-state index is 0.177. The van der Waals surface area contributed by atoms with E-state index in [1.165, 1.54) is 99.8 Å². The third-order valence-corrected chi connectivity index (χ3v) is 11.0. The molecule has 50 heavy (non-hydrogen) atoms. The Kier molecular flexibility index (Phi) is 11.8. The Morgan fingerprint density at radius 2 is 1.20 bits per heavy atom. The summed E-state index contributed by atoms with van der Waals surface area (Å²) in [5.41, 5.74) is 18.0. The van der Waals surface area contributed by atoms with Crippen LogP contribution in [0.2, 0.25) is 0 Å². The van der Waals surface area contributed by atoms with Crippen LogP contribution in [-0.2, 0) is 41.5 Å². The number of fused-ring (bicyclic) bond motifs is 3. The van der Waals surface area contributed by atoms with Crippen LogP contribution in [0.3, 0.4) is 0 Å². The second kappa shape index (κ2) is 15.7. The summed E-state index contributed by atoms with van der Waals surface area (Å²) >= 11 is 1.46. The van der Waals surface area contributed by atoms with Crippen LogP contribution in [0, 0.1) is 31.9 Å². The average Bonchev–Trinajstić information content (AvgIpc) is 3.63. The van der Waals surface area contributed by atoms with Gasteiger partial charge in [-0.25, -0.2) is 5.57 Å². The van der Waals surface area contributed by atoms with Gasteiger partial charge in [-0.3, -0.25) is 6.08 Å². The second-order valence-electron chi connectivity index (χ2n) is 15.9. The van der Waals surface area contributed by atoms with Crippen molar-refractivity contribution >= 4 is 8.78 Å². The molecule has 0 saturated carbocycles. The molecule has 0 heterocycles. The van der Waals surface area contributed by atoms with E-state index in [0.29, 0.717) is 5.92 Å². The Balaban J connectivity index is 0.000000150. The molecule has 0 amide bonds. The number of hydrogen-bond acceptors (Lipinski definition) is 0. The molecular weight excluding hydrogens is 680 g/mol. The monoisotopic (exact) mass is 730 g/mol. The predicted octanol–water partition coefficient (Wildman–Crippen LogP) is 12.5. The molecule has 2 aliphatic rings. The zero-order valence-corrected chi connectivity index (χ0v) is 34.2. The molecule has 2 aliphatic carbocycles. The topological polar surface area (TPSA) is 0 Å². The van der Waals surface area contributed by atoms with Crippen LogP contribution < -0.4 is 0 Å². The van der Waals surface area contributed by atoms with Gasteiger partial charge >= 0.3 is 112 Å². The zero-order chi connectivity index (χ0) is 36.2. The molecule has 252 valence electrons. The van der Waals surface area contributed by atoms with Crippen LogP contribution in [0.1, 0.15) is 105 Å². The standard InChI is InChI=1S/C21H25.C15H14.C13H13.Zr/c1-20(2,3)16-9-7-14-11-15-8-10-17(21(4,5)6)13-19(15)18(14)12-16;1-12-3-7-14(8-4-12)11-15-9-5-13(2)6-10-15;1-10-8-11(2)13(9-10)12-6-4-3-5-7-12;/h7,9-10,12-13H,11H2,1-6H3;3-10H,1-2H3;3-7,9-10H,1-2H3;/q-1;;-1;+2. The Bertz CT molecular complexity index is 1900. The van der Waals surface area contributed by atoms with Crippen LogP contribution in [0.5, 0.6) is 0 Å². The van der Waals surface area contributed by atoms with E-state index in [2.05, 4.69) is 191 Å². The molecule has 1 heteroatoms. The number of rotatable bonds is 3. The van der Waals surface area contributed by atoms with Gasteiger partial charge in [0, 0.05) is 0 Å². The van der Waals surface area contributed by atoms with Crippen molar-refractivity contribution < 1.29 is 24.2 Å². The van der Waals surface area contributed by atoms with Gasteiger partial charge in [0.15, 0.2) is 0 Å². The summed E-state index contributed by atoms with van der Waals surface area (Å²) in [6.45, 7) is 22.2. The molecular formula is C49H52Zr. The molecule has 0 radical (unpaired) electrons. The van der Waals surface area contributed by atoms with Crippen LogP contribution in [0.15, 0.2) is 121 Å². The molecule has 1 atom stereocenters. The molecule has 0 aromatic heterocycles. The summed E-state index contributed by atoms with van der Waals surface area (Å²) in [7, 11) is 0. The van der Waals surface area contributed by atoms with Crippen LogP contribution in [0.4, 0.5) is 0 Å². The Morgan fingerprint density at radius 3 is 1.70 bits per heavy atom. The molecule has 0 nitrogen and oxygen atoms in total. The maximum absolute atomic E-state index is 3.53. The van der Waals surface area contributed by atoms with Crippen LogP contribution in [-0.4, -0.2) is 3.21 Å². The van der Waals surface area contributed by atoms with Crippen LogP contribution >= 0.6 is 0 Å². The van der Waals surface area contributed by atoms with E-state index < -0.39 is 0 Å². The number of aryl methyl sites for hydroxylation is 2. The zero-order valence-electron chi connectivity index (χ0n) is 31.8. The van der Waals surface area contributed by atoms with Gasteiger partial charge in [-0.15, -0.1) is 11.1 Å². The first kappa shape index (κ1) is 37.6. The van der Waals surface area contributed by atoms with Gasteiger partial charge in [0.25, 0.3) is 0 Å². The fourth-order valence-electron chi connectivity index (χ4n) is 6.36. The molecule has 0 aliphatic heterocycles. The van der Waals surface area contributed by atoms with Crippen molar-refractivity contribution in [1.29, 1.82) is 0 Å². The van der Waals surface area contributed by atoms with E-state index in [1.54, 1.807) is 0 Å². The summed E-state index contributed by atoms with van der Waals surface area (Å²) in [6.07, 6.45) is 6.69. The molecule has 1 unspecified atom stereocenters. The molecule has 0 saturated heterocycles. The van der Waals surface area contributed by atoms with Crippen molar-refractivity contribution in [2.75, 3.05) is 0 Å². The van der Waals surface area contributed by atoms with E-state index in [0.717, 1.165) is 6.42 Å². The van der Waals surface area contributed by atoms with Gasteiger partial charge in [0.1, 0.15) is 0 Å². The first-order valence-electron chi connectivity index (χ1n) is 17.9. The average molecular weight is 732 g/mol. The molecule has 5 aromatic rings. The summed E-state index contributed by atoms with van der Waals surface area (Å²) in [6, 6.07) is 43.1. The van der Waals surface area contributed by atoms with Gasteiger partial charge in [-0.05, 0) is 17.4 Å². The fourth-order valence-corrected chi connectivity index (χ4v) is 7.18. The molecule has 7 rings (SSSR count). The third kappa shape index (κ3) is 9.35. The van der Waals surface area contributed by atoms with E-state index in [1.807, 2.05) is 6.07 Å². The fraction of sp³-hybridized carbons (Fsp3) is 0.286. The summed E-state index contributed by atoms with van der Waals surface area (Å²) in [4.78, 5) is 0. The van der Waals surface area contributed by atoms with Crippen molar-refractivity contribution in [2.24, 2.45) is 5.92 Å². The van der Waals surface area contributed by atoms with Gasteiger partial charge in [-0.1, -0.05) is 126 Å². The van der Waals surface area contributed by atoms with E-state index in [4.69, 9.17) is 0 Å². The first-order chi connectivity index (χ1) is 23.6. The number of allylic oxidation sites excluding steroid dienone is 4. The summed E-state index contributed by atoms with van der Waals surface area (Å²) in [5.74, 6) is 0.468. The normalized spacial score (nSPS) is 14.7. The Morgan fingerprint density at radius 1 is 0.660 bits per heavy atom. The third-order valence-electron chi connectivity index (χ3n) is 9.56. The maximum atomic E-state index is 3.53. The van der Waals surface area contributed by atoms with E-state index in [9.17, 15) is 0 Å². The molecule has 0 N–H and O–H groups in total. The summed E-state index contributed by atoms with van der Waals surface area (Å²) in [5, 5.41) is 0. The summed E-state index contributed by atoms with van der Waals surface area (Å²) < 4.78 is 1.42. The van der Waals surface area contributed by atoms with Gasteiger partial charge in [-0.2, -0.15) is 41.0 Å². The molecule has 5 aromatic carbocycles. The minimum absolute atomic E-state index is 0.177. The van der Waals surface area contributed by atoms with Crippen molar-refractivity contribution in [3.05, 3.63) is 183 Å². The van der Waals surface area contributed by atoms with E-state index in [-0.39, 0.29) is 10.8 Å². The number of hydrogen-bond donors (Lipinski definition) is 0. The van der Waals surface area contributed by atoms with Crippen LogP contribution in [0.25, 0.3) is 16.7 Å². The van der Waals surface area contributed by atoms with Crippen molar-refractivity contribution in [2.45, 2.75) is 86.5 Å². The number of benzene rings is 5. The SMILES string of the molecule is CC(C)(C)c1c[c-]c2c(c1)-c1cc(C(C)(C)C)ccc1C2.CC1=[C-]C(C)C=C1c1ccccc1.Cc1ccc([C](=[Zr+2])c2ccc(C)cc2)cc1. The first-order valence-corrected chi connectivity index (χ1v) is 19.1. The van der Waals surface area contributed by atoms with Crippen molar-refractivity contribution in [1.82, 2.24) is 0 Å². The molecule has 0 spiro atoms. The van der Waals surface area contributed by atoms with Gasteiger partial charge in [0.2, 0.25) is 0 Å². The predicted molar refractivity (Wildman–Crippen MR) is 213 cm³/mol. The van der Waals surface area contributed by atoms with Crippen molar-refractivity contribution in [3.63, 3.8) is 0 Å². The van der Waals surface area contributed by atoms with Gasteiger partial charge in [0.05, 0.1) is 0 Å². The Labute approximate surface area is 317 Å². The van der Waals surface area contributed by atoms with Crippen molar-refractivity contribution in [3.8, 4) is 11.1 Å². The molecule has 0 fully saturated rings. The van der Waals surface area contributed by atoms with E-state index >= 15 is 0 Å². The van der Waals surface area contributed by atoms with Gasteiger partial charge < -0.3 is 0 Å². The quantitative estimate of drug-likeness (QED) is 0.159.